The number of rotatable bonds is 6. The van der Waals surface area contributed by atoms with Crippen LogP contribution in [0, 0.1) is 0 Å². The van der Waals surface area contributed by atoms with Crippen molar-refractivity contribution in [2.45, 2.75) is 50.7 Å². The second kappa shape index (κ2) is 7.19. The molecule has 0 atom stereocenters. The highest BCUT2D eigenvalue weighted by Crippen LogP contribution is 2.24. The molecule has 0 fully saturated rings. The highest BCUT2D eigenvalue weighted by atomic mass is 32.2. The molecule has 0 amide bonds. The number of hydrogen-bond acceptors (Lipinski definition) is 4. The molecule has 0 saturated heterocycles. The minimum atomic E-state index is -3.69. The van der Waals surface area contributed by atoms with Crippen LogP contribution in [-0.4, -0.2) is 27.5 Å². The van der Waals surface area contributed by atoms with Gasteiger partial charge in [-0.05, 0) is 31.4 Å². The van der Waals surface area contributed by atoms with Crippen molar-refractivity contribution in [3.8, 4) is 11.3 Å². The van der Waals surface area contributed by atoms with Crippen LogP contribution in [0.2, 0.25) is 0 Å². The molecule has 0 radical (unpaired) electrons. The Kier molecular flexibility index (Phi) is 4.73. The van der Waals surface area contributed by atoms with E-state index < -0.39 is 10.0 Å². The van der Waals surface area contributed by atoms with E-state index in [1.54, 1.807) is 29.2 Å². The molecule has 1 aliphatic rings. The van der Waals surface area contributed by atoms with Crippen molar-refractivity contribution in [2.24, 2.45) is 0 Å². The quantitative estimate of drug-likeness (QED) is 0.706. The SMILES string of the molecule is CCCn1cnc(S(=O)(=O)Nc2ccc(-c3cn4c(n3)CCCC4)cc2)c1. The molecule has 3 aromatic rings. The minimum absolute atomic E-state index is 0.0294. The van der Waals surface area contributed by atoms with E-state index in [-0.39, 0.29) is 5.03 Å². The smallest absolute Gasteiger partial charge is 0.280 e. The zero-order valence-electron chi connectivity index (χ0n) is 15.3. The summed E-state index contributed by atoms with van der Waals surface area (Å²) in [5.41, 5.74) is 2.42. The normalized spacial score (nSPS) is 14.1. The van der Waals surface area contributed by atoms with Crippen LogP contribution in [0.3, 0.4) is 0 Å². The number of anilines is 1. The summed E-state index contributed by atoms with van der Waals surface area (Å²) in [7, 11) is -3.69. The molecule has 0 saturated carbocycles. The van der Waals surface area contributed by atoms with Crippen LogP contribution in [0.25, 0.3) is 11.3 Å². The third-order valence-corrected chi connectivity index (χ3v) is 5.97. The third-order valence-electron chi connectivity index (χ3n) is 4.71. The van der Waals surface area contributed by atoms with Gasteiger partial charge < -0.3 is 9.13 Å². The highest BCUT2D eigenvalue weighted by molar-refractivity contribution is 7.92. The van der Waals surface area contributed by atoms with Crippen molar-refractivity contribution in [1.29, 1.82) is 0 Å². The maximum absolute atomic E-state index is 12.5. The Morgan fingerprint density at radius 1 is 1.15 bits per heavy atom. The van der Waals surface area contributed by atoms with Crippen molar-refractivity contribution in [3.05, 3.63) is 48.8 Å². The first-order valence-electron chi connectivity index (χ1n) is 9.26. The van der Waals surface area contributed by atoms with Crippen LogP contribution >= 0.6 is 0 Å². The van der Waals surface area contributed by atoms with Crippen molar-refractivity contribution in [3.63, 3.8) is 0 Å². The molecule has 8 heteroatoms. The van der Waals surface area contributed by atoms with Gasteiger partial charge in [-0.2, -0.15) is 8.42 Å². The molecule has 3 heterocycles. The maximum Gasteiger partial charge on any atom is 0.280 e. The van der Waals surface area contributed by atoms with Gasteiger partial charge in [0.2, 0.25) is 0 Å². The molecule has 2 aromatic heterocycles. The molecule has 1 aliphatic heterocycles. The predicted octanol–water partition coefficient (Wildman–Crippen LogP) is 3.29. The third kappa shape index (κ3) is 3.75. The fraction of sp³-hybridized carbons (Fsp3) is 0.368. The lowest BCUT2D eigenvalue weighted by Crippen LogP contribution is -2.13. The van der Waals surface area contributed by atoms with Crippen molar-refractivity contribution >= 4 is 15.7 Å². The summed E-state index contributed by atoms with van der Waals surface area (Å²) >= 11 is 0. The number of imidazole rings is 2. The summed E-state index contributed by atoms with van der Waals surface area (Å²) in [5.74, 6) is 1.13. The van der Waals surface area contributed by atoms with Crippen molar-refractivity contribution in [1.82, 2.24) is 19.1 Å². The summed E-state index contributed by atoms with van der Waals surface area (Å²) < 4.78 is 31.6. The number of fused-ring (bicyclic) bond motifs is 1. The number of nitrogens with zero attached hydrogens (tertiary/aromatic N) is 4. The Morgan fingerprint density at radius 2 is 1.96 bits per heavy atom. The molecule has 142 valence electrons. The first-order valence-corrected chi connectivity index (χ1v) is 10.7. The number of hydrogen-bond donors (Lipinski definition) is 1. The molecule has 0 bridgehead atoms. The first-order chi connectivity index (χ1) is 13.0. The lowest BCUT2D eigenvalue weighted by atomic mass is 10.1. The number of nitrogens with one attached hydrogen (secondary N) is 1. The zero-order valence-corrected chi connectivity index (χ0v) is 16.1. The lowest BCUT2D eigenvalue weighted by molar-refractivity contribution is 0.522. The summed E-state index contributed by atoms with van der Waals surface area (Å²) in [6, 6.07) is 7.30. The van der Waals surface area contributed by atoms with Gasteiger partial charge in [0.05, 0.1) is 12.0 Å². The van der Waals surface area contributed by atoms with Gasteiger partial charge in [0.15, 0.2) is 5.03 Å². The summed E-state index contributed by atoms with van der Waals surface area (Å²) in [6.07, 6.45) is 9.49. The average Bonchev–Trinajstić information content (AvgIpc) is 3.29. The van der Waals surface area contributed by atoms with Crippen LogP contribution in [0.1, 0.15) is 32.0 Å². The largest absolute Gasteiger partial charge is 0.336 e. The predicted molar refractivity (Wildman–Crippen MR) is 104 cm³/mol. The Balaban J connectivity index is 1.51. The Labute approximate surface area is 159 Å². The molecule has 7 nitrogen and oxygen atoms in total. The zero-order chi connectivity index (χ0) is 18.9. The fourth-order valence-electron chi connectivity index (χ4n) is 3.33. The number of aryl methyl sites for hydroxylation is 3. The van der Waals surface area contributed by atoms with Gasteiger partial charge in [0.25, 0.3) is 10.0 Å². The van der Waals surface area contributed by atoms with Gasteiger partial charge in [-0.15, -0.1) is 0 Å². The van der Waals surface area contributed by atoms with Crippen LogP contribution < -0.4 is 4.72 Å². The van der Waals surface area contributed by atoms with Crippen LogP contribution in [0.5, 0.6) is 0 Å². The van der Waals surface area contributed by atoms with E-state index in [0.717, 1.165) is 43.0 Å². The van der Waals surface area contributed by atoms with E-state index in [0.29, 0.717) is 5.69 Å². The van der Waals surface area contributed by atoms with Gasteiger partial charge >= 0.3 is 0 Å². The van der Waals surface area contributed by atoms with E-state index in [1.165, 1.54) is 12.8 Å². The van der Waals surface area contributed by atoms with E-state index >= 15 is 0 Å². The van der Waals surface area contributed by atoms with Gasteiger partial charge in [0, 0.05) is 43.2 Å². The molecule has 27 heavy (non-hydrogen) atoms. The average molecular weight is 385 g/mol. The molecule has 4 rings (SSSR count). The summed E-state index contributed by atoms with van der Waals surface area (Å²) in [6.45, 7) is 3.79. The van der Waals surface area contributed by atoms with Gasteiger partial charge in [-0.3, -0.25) is 4.72 Å². The molecular formula is C19H23N5O2S. The van der Waals surface area contributed by atoms with E-state index in [2.05, 4.69) is 20.5 Å². The van der Waals surface area contributed by atoms with Crippen LogP contribution in [-0.2, 0) is 29.5 Å². The molecular weight excluding hydrogens is 362 g/mol. The highest BCUT2D eigenvalue weighted by Gasteiger charge is 2.18. The van der Waals surface area contributed by atoms with Gasteiger partial charge in [0.1, 0.15) is 5.82 Å². The number of sulfonamides is 1. The standard InChI is InChI=1S/C19H23N5O2S/c1-2-10-23-13-19(20-14-23)27(25,26)22-16-8-6-15(7-9-16)17-12-24-11-4-3-5-18(24)21-17/h6-9,12-14,22H,2-5,10-11H2,1H3. The number of benzene rings is 1. The molecule has 0 unspecified atom stereocenters. The lowest BCUT2D eigenvalue weighted by Gasteiger charge is -2.11. The minimum Gasteiger partial charge on any atom is -0.336 e. The van der Waals surface area contributed by atoms with E-state index in [4.69, 9.17) is 4.98 Å². The van der Waals surface area contributed by atoms with Gasteiger partial charge in [-0.25, -0.2) is 9.97 Å². The van der Waals surface area contributed by atoms with Crippen molar-refractivity contribution in [2.75, 3.05) is 4.72 Å². The maximum atomic E-state index is 12.5. The van der Waals surface area contributed by atoms with Crippen molar-refractivity contribution < 1.29 is 8.42 Å². The molecule has 0 spiro atoms. The number of aromatic nitrogens is 4. The second-order valence-electron chi connectivity index (χ2n) is 6.83. The Bertz CT molecular complexity index is 1010. The summed E-state index contributed by atoms with van der Waals surface area (Å²) in [5, 5.41) is 0.0294. The Hall–Kier alpha value is -2.61. The van der Waals surface area contributed by atoms with Gasteiger partial charge in [-0.1, -0.05) is 19.1 Å². The monoisotopic (exact) mass is 385 g/mol. The molecule has 1 N–H and O–H groups in total. The molecule has 1 aromatic carbocycles. The topological polar surface area (TPSA) is 81.8 Å². The first kappa shape index (κ1) is 17.8. The molecule has 0 aliphatic carbocycles. The fourth-order valence-corrected chi connectivity index (χ4v) is 4.34. The van der Waals surface area contributed by atoms with E-state index in [1.807, 2.05) is 19.1 Å². The van der Waals surface area contributed by atoms with Crippen LogP contribution in [0.15, 0.2) is 48.0 Å². The summed E-state index contributed by atoms with van der Waals surface area (Å²) in [4.78, 5) is 8.71. The second-order valence-corrected chi connectivity index (χ2v) is 8.45. The van der Waals surface area contributed by atoms with E-state index in [9.17, 15) is 8.42 Å². The van der Waals surface area contributed by atoms with Crippen LogP contribution in [0.4, 0.5) is 5.69 Å². The Morgan fingerprint density at radius 3 is 2.70 bits per heavy atom.